The van der Waals surface area contributed by atoms with Gasteiger partial charge in [-0.05, 0) is 57.9 Å². The van der Waals surface area contributed by atoms with Gasteiger partial charge >= 0.3 is 0 Å². The molecule has 0 spiro atoms. The van der Waals surface area contributed by atoms with Gasteiger partial charge in [0.2, 0.25) is 0 Å². The van der Waals surface area contributed by atoms with Crippen molar-refractivity contribution >= 4 is 22.5 Å². The molecule has 2 rings (SSSR count). The third-order valence-electron chi connectivity index (χ3n) is 3.19. The fourth-order valence-corrected chi connectivity index (χ4v) is 2.31. The van der Waals surface area contributed by atoms with E-state index in [0.29, 0.717) is 0 Å². The van der Waals surface area contributed by atoms with Crippen LogP contribution in [-0.4, -0.2) is 17.1 Å². The highest BCUT2D eigenvalue weighted by atomic mass is 35.5. The summed E-state index contributed by atoms with van der Waals surface area (Å²) < 4.78 is 0. The summed E-state index contributed by atoms with van der Waals surface area (Å²) in [4.78, 5) is 3.33. The van der Waals surface area contributed by atoms with E-state index in [1.165, 1.54) is 10.9 Å². The normalized spacial score (nSPS) is 12.3. The zero-order chi connectivity index (χ0) is 13.3. The summed E-state index contributed by atoms with van der Waals surface area (Å²) in [6.45, 7) is 9.60. The molecular weight excluding hydrogens is 244 g/mol. The lowest BCUT2D eigenvalue weighted by atomic mass is 10.1. The van der Waals surface area contributed by atoms with Crippen molar-refractivity contribution < 1.29 is 0 Å². The molecule has 0 unspecified atom stereocenters. The van der Waals surface area contributed by atoms with Gasteiger partial charge in [-0.1, -0.05) is 17.7 Å². The number of nitrogens with one attached hydrogen (secondary N) is 2. The quantitative estimate of drug-likeness (QED) is 0.860. The Kier molecular flexibility index (Phi) is 3.69. The van der Waals surface area contributed by atoms with Crippen LogP contribution in [0.5, 0.6) is 0 Å². The standard InChI is InChI=1S/C15H21ClN2/c1-10-13(16)6-5-12-11(9-17-14(10)12)7-8-18-15(2,3)4/h5-6,9,17-18H,7-8H2,1-4H3. The number of rotatable bonds is 3. The van der Waals surface area contributed by atoms with Crippen LogP contribution in [0.25, 0.3) is 10.9 Å². The largest absolute Gasteiger partial charge is 0.361 e. The van der Waals surface area contributed by atoms with E-state index in [-0.39, 0.29) is 5.54 Å². The molecule has 3 heteroatoms. The molecule has 0 aliphatic rings. The molecule has 0 bridgehead atoms. The molecule has 0 saturated carbocycles. The van der Waals surface area contributed by atoms with Gasteiger partial charge in [0.25, 0.3) is 0 Å². The minimum atomic E-state index is 0.172. The first-order chi connectivity index (χ1) is 8.38. The third-order valence-corrected chi connectivity index (χ3v) is 3.59. The van der Waals surface area contributed by atoms with Crippen molar-refractivity contribution in [1.29, 1.82) is 0 Å². The number of aryl methyl sites for hydroxylation is 1. The molecule has 0 atom stereocenters. The molecule has 1 aromatic heterocycles. The summed E-state index contributed by atoms with van der Waals surface area (Å²) in [5, 5.41) is 5.62. The lowest BCUT2D eigenvalue weighted by Gasteiger charge is -2.20. The zero-order valence-electron chi connectivity index (χ0n) is 11.5. The first kappa shape index (κ1) is 13.4. The average Bonchev–Trinajstić information content (AvgIpc) is 2.66. The molecule has 2 N–H and O–H groups in total. The van der Waals surface area contributed by atoms with Crippen molar-refractivity contribution in [2.75, 3.05) is 6.54 Å². The van der Waals surface area contributed by atoms with Crippen molar-refractivity contribution in [3.63, 3.8) is 0 Å². The highest BCUT2D eigenvalue weighted by molar-refractivity contribution is 6.32. The van der Waals surface area contributed by atoms with E-state index in [2.05, 4.69) is 50.3 Å². The van der Waals surface area contributed by atoms with Crippen molar-refractivity contribution in [2.45, 2.75) is 39.7 Å². The molecule has 2 nitrogen and oxygen atoms in total. The van der Waals surface area contributed by atoms with Crippen LogP contribution >= 0.6 is 11.6 Å². The van der Waals surface area contributed by atoms with Crippen LogP contribution in [0.15, 0.2) is 18.3 Å². The van der Waals surface area contributed by atoms with Crippen molar-refractivity contribution in [3.8, 4) is 0 Å². The maximum Gasteiger partial charge on any atom is 0.0501 e. The van der Waals surface area contributed by atoms with E-state index in [1.54, 1.807) is 0 Å². The van der Waals surface area contributed by atoms with Gasteiger partial charge in [0.05, 0.1) is 5.52 Å². The monoisotopic (exact) mass is 264 g/mol. The Morgan fingerprint density at radius 2 is 2.00 bits per heavy atom. The second-order valence-electron chi connectivity index (χ2n) is 5.84. The van der Waals surface area contributed by atoms with Crippen molar-refractivity contribution in [3.05, 3.63) is 34.5 Å². The molecule has 2 aromatic rings. The fraction of sp³-hybridized carbons (Fsp3) is 0.467. The highest BCUT2D eigenvalue weighted by Gasteiger charge is 2.10. The number of aromatic nitrogens is 1. The first-order valence-corrected chi connectivity index (χ1v) is 6.76. The van der Waals surface area contributed by atoms with Gasteiger partial charge < -0.3 is 10.3 Å². The topological polar surface area (TPSA) is 27.8 Å². The number of hydrogen-bond donors (Lipinski definition) is 2. The van der Waals surface area contributed by atoms with Crippen LogP contribution in [0.3, 0.4) is 0 Å². The Morgan fingerprint density at radius 3 is 2.67 bits per heavy atom. The maximum atomic E-state index is 6.13. The minimum absolute atomic E-state index is 0.172. The predicted octanol–water partition coefficient (Wildman–Crippen LogP) is 4.06. The Hall–Kier alpha value is -0.990. The number of benzene rings is 1. The first-order valence-electron chi connectivity index (χ1n) is 6.38. The summed E-state index contributed by atoms with van der Waals surface area (Å²) in [5.41, 5.74) is 3.81. The van der Waals surface area contributed by atoms with Crippen LogP contribution in [-0.2, 0) is 6.42 Å². The van der Waals surface area contributed by atoms with Crippen LogP contribution in [0.4, 0.5) is 0 Å². The number of fused-ring (bicyclic) bond motifs is 1. The van der Waals surface area contributed by atoms with E-state index in [9.17, 15) is 0 Å². The summed E-state index contributed by atoms with van der Waals surface area (Å²) in [6.07, 6.45) is 3.12. The Balaban J connectivity index is 2.18. The SMILES string of the molecule is Cc1c(Cl)ccc2c(CCNC(C)(C)C)c[nH]c12. The molecule has 1 aromatic carbocycles. The number of aromatic amines is 1. The molecule has 0 saturated heterocycles. The lowest BCUT2D eigenvalue weighted by molar-refractivity contribution is 0.430. The number of hydrogen-bond acceptors (Lipinski definition) is 1. The molecule has 1 heterocycles. The Morgan fingerprint density at radius 1 is 1.28 bits per heavy atom. The summed E-state index contributed by atoms with van der Waals surface area (Å²) in [5.74, 6) is 0. The molecule has 0 aliphatic heterocycles. The third kappa shape index (κ3) is 2.88. The summed E-state index contributed by atoms with van der Waals surface area (Å²) in [6, 6.07) is 4.08. The maximum absolute atomic E-state index is 6.13. The van der Waals surface area contributed by atoms with Crippen molar-refractivity contribution in [2.24, 2.45) is 0 Å². The summed E-state index contributed by atoms with van der Waals surface area (Å²) in [7, 11) is 0. The van der Waals surface area contributed by atoms with Gasteiger partial charge in [0, 0.05) is 22.1 Å². The molecule has 0 radical (unpaired) electrons. The van der Waals surface area contributed by atoms with Crippen LogP contribution in [0.1, 0.15) is 31.9 Å². The lowest BCUT2D eigenvalue weighted by Crippen LogP contribution is -2.37. The van der Waals surface area contributed by atoms with Gasteiger partial charge in [-0.15, -0.1) is 0 Å². The Bertz CT molecular complexity index is 549. The van der Waals surface area contributed by atoms with Gasteiger partial charge in [0.15, 0.2) is 0 Å². The van der Waals surface area contributed by atoms with Gasteiger partial charge in [-0.25, -0.2) is 0 Å². The van der Waals surface area contributed by atoms with Crippen LogP contribution in [0.2, 0.25) is 5.02 Å². The van der Waals surface area contributed by atoms with E-state index < -0.39 is 0 Å². The average molecular weight is 265 g/mol. The zero-order valence-corrected chi connectivity index (χ0v) is 12.3. The molecule has 0 fully saturated rings. The van der Waals surface area contributed by atoms with E-state index in [1.807, 2.05) is 6.07 Å². The number of halogens is 1. The number of H-pyrrole nitrogens is 1. The van der Waals surface area contributed by atoms with Crippen LogP contribution < -0.4 is 5.32 Å². The van der Waals surface area contributed by atoms with E-state index in [4.69, 9.17) is 11.6 Å². The van der Waals surface area contributed by atoms with E-state index in [0.717, 1.165) is 29.1 Å². The summed E-state index contributed by atoms with van der Waals surface area (Å²) >= 11 is 6.13. The highest BCUT2D eigenvalue weighted by Crippen LogP contribution is 2.27. The molecular formula is C15H21ClN2. The van der Waals surface area contributed by atoms with Gasteiger partial charge in [0.1, 0.15) is 0 Å². The molecule has 18 heavy (non-hydrogen) atoms. The Labute approximate surface area is 114 Å². The predicted molar refractivity (Wildman–Crippen MR) is 79.5 cm³/mol. The second-order valence-corrected chi connectivity index (χ2v) is 6.24. The molecule has 0 amide bonds. The van der Waals surface area contributed by atoms with Crippen LogP contribution in [0, 0.1) is 6.92 Å². The second kappa shape index (κ2) is 4.94. The smallest absolute Gasteiger partial charge is 0.0501 e. The van der Waals surface area contributed by atoms with E-state index >= 15 is 0 Å². The molecule has 0 aliphatic carbocycles. The van der Waals surface area contributed by atoms with Gasteiger partial charge in [-0.2, -0.15) is 0 Å². The minimum Gasteiger partial charge on any atom is -0.361 e. The van der Waals surface area contributed by atoms with Crippen molar-refractivity contribution in [1.82, 2.24) is 10.3 Å². The molecule has 98 valence electrons. The van der Waals surface area contributed by atoms with Gasteiger partial charge in [-0.3, -0.25) is 0 Å². The fourth-order valence-electron chi connectivity index (χ4n) is 2.16.